The monoisotopic (exact) mass is 318 g/mol. The number of carboxylic acids is 1. The molecule has 1 amide bonds. The molecule has 0 aliphatic heterocycles. The second-order valence-corrected chi connectivity index (χ2v) is 5.61. The van der Waals surface area contributed by atoms with E-state index in [4.69, 9.17) is 5.11 Å². The normalized spacial score (nSPS) is 13.7. The third-order valence-electron chi connectivity index (χ3n) is 3.48. The van der Waals surface area contributed by atoms with E-state index in [1.54, 1.807) is 38.1 Å². The molecule has 0 radical (unpaired) electrons. The van der Waals surface area contributed by atoms with Gasteiger partial charge in [0.05, 0.1) is 5.39 Å². The molecule has 122 valence electrons. The van der Waals surface area contributed by atoms with E-state index in [2.05, 4.69) is 15.6 Å². The van der Waals surface area contributed by atoms with Crippen LogP contribution < -0.4 is 10.9 Å². The molecule has 8 heteroatoms. The molecule has 0 bridgehead atoms. The number of rotatable bonds is 5. The summed E-state index contributed by atoms with van der Waals surface area (Å²) in [4.78, 5) is 35.8. The third kappa shape index (κ3) is 3.36. The van der Waals surface area contributed by atoms with Crippen LogP contribution in [0.4, 0.5) is 0 Å². The van der Waals surface area contributed by atoms with Gasteiger partial charge in [-0.05, 0) is 25.0 Å². The van der Waals surface area contributed by atoms with Crippen molar-refractivity contribution in [2.24, 2.45) is 5.92 Å². The van der Waals surface area contributed by atoms with Crippen LogP contribution in [0, 0.1) is 5.92 Å². The van der Waals surface area contributed by atoms with Gasteiger partial charge in [-0.25, -0.2) is 0 Å². The van der Waals surface area contributed by atoms with Gasteiger partial charge in [-0.1, -0.05) is 31.2 Å². The van der Waals surface area contributed by atoms with Gasteiger partial charge in [0.2, 0.25) is 5.91 Å². The zero-order chi connectivity index (χ0) is 17.1. The summed E-state index contributed by atoms with van der Waals surface area (Å²) in [5, 5.41) is 19.4. The van der Waals surface area contributed by atoms with Crippen LogP contribution in [0.5, 0.6) is 0 Å². The molecular weight excluding hydrogens is 300 g/mol. The van der Waals surface area contributed by atoms with Crippen LogP contribution in [0.2, 0.25) is 0 Å². The minimum atomic E-state index is -1.15. The number of aliphatic carboxylic acids is 1. The average Bonchev–Trinajstić information content (AvgIpc) is 2.49. The van der Waals surface area contributed by atoms with Crippen LogP contribution in [0.3, 0.4) is 0 Å². The van der Waals surface area contributed by atoms with Crippen LogP contribution in [0.1, 0.15) is 26.8 Å². The summed E-state index contributed by atoms with van der Waals surface area (Å²) in [6.45, 7) is 4.85. The first-order chi connectivity index (χ1) is 10.8. The fourth-order valence-corrected chi connectivity index (χ4v) is 2.24. The van der Waals surface area contributed by atoms with Gasteiger partial charge in [0.15, 0.2) is 0 Å². The van der Waals surface area contributed by atoms with Crippen molar-refractivity contribution in [2.45, 2.75) is 32.9 Å². The number of aromatic nitrogens is 3. The summed E-state index contributed by atoms with van der Waals surface area (Å²) < 4.78 is 1.01. The molecule has 0 aliphatic rings. The maximum absolute atomic E-state index is 12.6. The topological polar surface area (TPSA) is 114 Å². The number of carbonyl (C=O) groups excluding carboxylic acids is 1. The highest BCUT2D eigenvalue weighted by atomic mass is 16.4. The van der Waals surface area contributed by atoms with Crippen molar-refractivity contribution in [3.63, 3.8) is 0 Å². The van der Waals surface area contributed by atoms with Gasteiger partial charge >= 0.3 is 5.97 Å². The first-order valence-corrected chi connectivity index (χ1v) is 7.20. The molecule has 0 saturated heterocycles. The van der Waals surface area contributed by atoms with Gasteiger partial charge in [0, 0.05) is 0 Å². The molecule has 2 unspecified atom stereocenters. The fraction of sp³-hybridized carbons (Fsp3) is 0.400. The Morgan fingerprint density at radius 3 is 2.48 bits per heavy atom. The summed E-state index contributed by atoms with van der Waals surface area (Å²) in [5.41, 5.74) is 0.00277. The lowest BCUT2D eigenvalue weighted by Gasteiger charge is -2.22. The largest absolute Gasteiger partial charge is 0.480 e. The molecule has 2 rings (SSSR count). The highest BCUT2D eigenvalue weighted by Crippen LogP contribution is 2.16. The predicted molar refractivity (Wildman–Crippen MR) is 82.9 cm³/mol. The predicted octanol–water partition coefficient (Wildman–Crippen LogP) is 0.578. The van der Waals surface area contributed by atoms with Crippen molar-refractivity contribution in [1.82, 2.24) is 20.3 Å². The van der Waals surface area contributed by atoms with Crippen LogP contribution in [-0.4, -0.2) is 38.0 Å². The number of amides is 1. The first kappa shape index (κ1) is 16.6. The second kappa shape index (κ2) is 6.55. The molecule has 1 heterocycles. The standard InChI is InChI=1S/C15H18N4O4/c1-8(2)12(13(20)16-9(3)15(22)23)19-14(21)10-6-4-5-7-11(10)17-18-19/h4-9,12H,1-3H3,(H,16,20)(H,22,23). The maximum atomic E-state index is 12.6. The first-order valence-electron chi connectivity index (χ1n) is 7.20. The van der Waals surface area contributed by atoms with E-state index in [1.807, 2.05) is 0 Å². The maximum Gasteiger partial charge on any atom is 0.325 e. The number of fused-ring (bicyclic) bond motifs is 1. The molecule has 0 saturated carbocycles. The zero-order valence-electron chi connectivity index (χ0n) is 13.1. The lowest BCUT2D eigenvalue weighted by Crippen LogP contribution is -2.46. The van der Waals surface area contributed by atoms with Gasteiger partial charge in [0.25, 0.3) is 5.56 Å². The zero-order valence-corrected chi connectivity index (χ0v) is 13.1. The Hall–Kier alpha value is -2.77. The van der Waals surface area contributed by atoms with Crippen LogP contribution in [-0.2, 0) is 9.59 Å². The Balaban J connectivity index is 2.46. The molecule has 0 spiro atoms. The summed E-state index contributed by atoms with van der Waals surface area (Å²) in [5.74, 6) is -2.01. The number of hydrogen-bond donors (Lipinski definition) is 2. The lowest BCUT2D eigenvalue weighted by molar-refractivity contribution is -0.142. The Bertz CT molecular complexity index is 799. The van der Waals surface area contributed by atoms with Gasteiger partial charge in [-0.2, -0.15) is 4.68 Å². The van der Waals surface area contributed by atoms with Crippen molar-refractivity contribution in [1.29, 1.82) is 0 Å². The smallest absolute Gasteiger partial charge is 0.325 e. The minimum absolute atomic E-state index is 0.274. The van der Waals surface area contributed by atoms with E-state index in [9.17, 15) is 14.4 Å². The van der Waals surface area contributed by atoms with Crippen molar-refractivity contribution in [3.8, 4) is 0 Å². The molecule has 23 heavy (non-hydrogen) atoms. The van der Waals surface area contributed by atoms with Crippen LogP contribution in [0.15, 0.2) is 29.1 Å². The highest BCUT2D eigenvalue weighted by molar-refractivity contribution is 5.86. The van der Waals surface area contributed by atoms with Crippen molar-refractivity contribution in [3.05, 3.63) is 34.6 Å². The van der Waals surface area contributed by atoms with Crippen molar-refractivity contribution >= 4 is 22.8 Å². The Kier molecular flexibility index (Phi) is 4.73. The van der Waals surface area contributed by atoms with Gasteiger partial charge in [-0.3, -0.25) is 14.4 Å². The number of hydrogen-bond acceptors (Lipinski definition) is 5. The molecule has 2 N–H and O–H groups in total. The van der Waals surface area contributed by atoms with Gasteiger partial charge < -0.3 is 10.4 Å². The van der Waals surface area contributed by atoms with E-state index >= 15 is 0 Å². The summed E-state index contributed by atoms with van der Waals surface area (Å²) >= 11 is 0. The second-order valence-electron chi connectivity index (χ2n) is 5.61. The summed E-state index contributed by atoms with van der Waals surface area (Å²) in [6, 6.07) is 4.70. The van der Waals surface area contributed by atoms with Crippen molar-refractivity contribution in [2.75, 3.05) is 0 Å². The molecule has 1 aromatic heterocycles. The van der Waals surface area contributed by atoms with E-state index in [1.165, 1.54) is 6.92 Å². The van der Waals surface area contributed by atoms with E-state index in [0.717, 1.165) is 4.68 Å². The number of nitrogens with one attached hydrogen (secondary N) is 1. The highest BCUT2D eigenvalue weighted by Gasteiger charge is 2.29. The molecular formula is C15H18N4O4. The fourth-order valence-electron chi connectivity index (χ4n) is 2.24. The number of carboxylic acid groups (broad SMARTS) is 1. The number of carbonyl (C=O) groups is 2. The molecule has 2 atom stereocenters. The van der Waals surface area contributed by atoms with Crippen LogP contribution >= 0.6 is 0 Å². The molecule has 1 aromatic carbocycles. The number of nitrogens with zero attached hydrogens (tertiary/aromatic N) is 3. The van der Waals surface area contributed by atoms with Gasteiger partial charge in [0.1, 0.15) is 17.6 Å². The minimum Gasteiger partial charge on any atom is -0.480 e. The number of benzene rings is 1. The Labute approximate surface area is 132 Å². The Morgan fingerprint density at radius 2 is 1.87 bits per heavy atom. The average molecular weight is 318 g/mol. The van der Waals surface area contributed by atoms with E-state index in [0.29, 0.717) is 10.9 Å². The molecule has 8 nitrogen and oxygen atoms in total. The third-order valence-corrected chi connectivity index (χ3v) is 3.48. The lowest BCUT2D eigenvalue weighted by atomic mass is 10.0. The van der Waals surface area contributed by atoms with E-state index < -0.39 is 29.5 Å². The molecule has 0 aliphatic carbocycles. The summed E-state index contributed by atoms with van der Waals surface area (Å²) in [7, 11) is 0. The SMILES string of the molecule is CC(NC(=O)C(C(C)C)n1nnc2ccccc2c1=O)C(=O)O. The van der Waals surface area contributed by atoms with Gasteiger partial charge in [-0.15, -0.1) is 5.10 Å². The quantitative estimate of drug-likeness (QED) is 0.833. The van der Waals surface area contributed by atoms with Crippen LogP contribution in [0.25, 0.3) is 10.9 Å². The van der Waals surface area contributed by atoms with Crippen molar-refractivity contribution < 1.29 is 14.7 Å². The van der Waals surface area contributed by atoms with E-state index in [-0.39, 0.29) is 5.92 Å². The summed E-state index contributed by atoms with van der Waals surface area (Å²) in [6.07, 6.45) is 0. The Morgan fingerprint density at radius 1 is 1.22 bits per heavy atom. The molecule has 0 fully saturated rings. The molecule has 2 aromatic rings.